The van der Waals surface area contributed by atoms with Gasteiger partial charge in [-0.15, -0.1) is 6.58 Å². The fraction of sp³-hybridized carbons (Fsp3) is 0.206. The lowest BCUT2D eigenvalue weighted by Crippen LogP contribution is -2.39. The molecular weight excluding hydrogens is 612 g/mol. The number of fused-ring (bicyclic) bond motifs is 1. The molecule has 8 heteroatoms. The molecule has 1 atom stereocenters. The van der Waals surface area contributed by atoms with E-state index in [0.29, 0.717) is 33.6 Å². The molecule has 0 fully saturated rings. The van der Waals surface area contributed by atoms with E-state index >= 15 is 0 Å². The van der Waals surface area contributed by atoms with Gasteiger partial charge < -0.3 is 9.47 Å². The molecule has 42 heavy (non-hydrogen) atoms. The third-order valence-corrected chi connectivity index (χ3v) is 8.48. The molecule has 6 nitrogen and oxygen atoms in total. The van der Waals surface area contributed by atoms with Crippen molar-refractivity contribution in [2.45, 2.75) is 39.8 Å². The first-order valence-corrected chi connectivity index (χ1v) is 15.3. The first kappa shape index (κ1) is 29.5. The van der Waals surface area contributed by atoms with Gasteiger partial charge in [-0.1, -0.05) is 81.4 Å². The van der Waals surface area contributed by atoms with E-state index in [0.717, 1.165) is 38.0 Å². The van der Waals surface area contributed by atoms with Crippen molar-refractivity contribution in [3.63, 3.8) is 0 Å². The van der Waals surface area contributed by atoms with Gasteiger partial charge in [0.05, 0.1) is 28.5 Å². The van der Waals surface area contributed by atoms with Crippen LogP contribution >= 0.6 is 27.3 Å². The van der Waals surface area contributed by atoms with Crippen LogP contribution in [0.1, 0.15) is 47.7 Å². The lowest BCUT2D eigenvalue weighted by Gasteiger charge is -2.24. The van der Waals surface area contributed by atoms with Gasteiger partial charge in [0.25, 0.3) is 5.56 Å². The number of ether oxygens (including phenoxy) is 2. The number of carbonyl (C=O) groups is 1. The van der Waals surface area contributed by atoms with Crippen LogP contribution in [0.15, 0.2) is 105 Å². The summed E-state index contributed by atoms with van der Waals surface area (Å²) < 4.78 is 14.7. The Kier molecular flexibility index (Phi) is 9.04. The van der Waals surface area contributed by atoms with Crippen molar-refractivity contribution in [1.82, 2.24) is 4.57 Å². The average molecular weight is 644 g/mol. The van der Waals surface area contributed by atoms with E-state index in [9.17, 15) is 9.59 Å². The van der Waals surface area contributed by atoms with E-state index in [1.165, 1.54) is 11.3 Å². The molecule has 0 radical (unpaired) electrons. The van der Waals surface area contributed by atoms with Crippen LogP contribution in [0.5, 0.6) is 5.75 Å². The zero-order chi connectivity index (χ0) is 29.8. The minimum absolute atomic E-state index is 0.209. The first-order valence-electron chi connectivity index (χ1n) is 13.7. The second-order valence-corrected chi connectivity index (χ2v) is 11.9. The molecule has 0 bridgehead atoms. The number of benzene rings is 3. The topological polar surface area (TPSA) is 69.9 Å². The van der Waals surface area contributed by atoms with Crippen molar-refractivity contribution in [1.29, 1.82) is 0 Å². The van der Waals surface area contributed by atoms with Gasteiger partial charge in [0, 0.05) is 4.47 Å². The van der Waals surface area contributed by atoms with Crippen LogP contribution in [-0.2, 0) is 22.6 Å². The summed E-state index contributed by atoms with van der Waals surface area (Å²) in [5.74, 6) is 0.303. The number of hydrogen-bond donors (Lipinski definition) is 0. The number of nitrogens with zero attached hydrogens (tertiary/aromatic N) is 2. The molecule has 4 aromatic rings. The Bertz CT molecular complexity index is 1850. The standard InChI is InChI=1S/C34H31BrN2O4S/c1-5-7-26-18-24(12-17-28(26)41-20-23-10-15-27(35)16-11-23)19-29-32(38)37-31(25-13-8-21(3)9-14-25)30(33(39)40-6-2)22(4)36-34(37)42-29/h5,8-19,31H,1,6-7,20H2,2-4H3/b29-19+/t31-/m0/s1. The van der Waals surface area contributed by atoms with Crippen LogP contribution in [-0.4, -0.2) is 17.1 Å². The number of carbonyl (C=O) groups excluding carboxylic acids is 1. The number of hydrogen-bond acceptors (Lipinski definition) is 6. The summed E-state index contributed by atoms with van der Waals surface area (Å²) in [7, 11) is 0. The van der Waals surface area contributed by atoms with Gasteiger partial charge in [0.15, 0.2) is 4.80 Å². The molecule has 0 unspecified atom stereocenters. The molecule has 1 aromatic heterocycles. The molecule has 0 saturated heterocycles. The smallest absolute Gasteiger partial charge is 0.338 e. The Morgan fingerprint density at radius 2 is 1.83 bits per heavy atom. The van der Waals surface area contributed by atoms with Gasteiger partial charge in [0.1, 0.15) is 12.4 Å². The van der Waals surface area contributed by atoms with Gasteiger partial charge in [-0.25, -0.2) is 9.79 Å². The molecule has 0 saturated carbocycles. The third kappa shape index (κ3) is 6.25. The Hall–Kier alpha value is -4.01. The molecule has 0 N–H and O–H groups in total. The summed E-state index contributed by atoms with van der Waals surface area (Å²) in [6.45, 7) is 10.1. The second-order valence-electron chi connectivity index (χ2n) is 9.99. The highest BCUT2D eigenvalue weighted by molar-refractivity contribution is 9.10. The van der Waals surface area contributed by atoms with Crippen LogP contribution in [0, 0.1) is 6.92 Å². The zero-order valence-corrected chi connectivity index (χ0v) is 26.1. The minimum Gasteiger partial charge on any atom is -0.489 e. The van der Waals surface area contributed by atoms with E-state index in [-0.39, 0.29) is 12.2 Å². The van der Waals surface area contributed by atoms with Crippen molar-refractivity contribution in [3.8, 4) is 5.75 Å². The van der Waals surface area contributed by atoms with Crippen molar-refractivity contribution in [3.05, 3.63) is 143 Å². The maximum Gasteiger partial charge on any atom is 0.338 e. The van der Waals surface area contributed by atoms with Crippen LogP contribution in [0.2, 0.25) is 0 Å². The van der Waals surface area contributed by atoms with Crippen molar-refractivity contribution >= 4 is 39.3 Å². The van der Waals surface area contributed by atoms with E-state index in [1.807, 2.05) is 85.8 Å². The molecule has 5 rings (SSSR count). The Morgan fingerprint density at radius 3 is 2.52 bits per heavy atom. The van der Waals surface area contributed by atoms with Crippen LogP contribution in [0.4, 0.5) is 0 Å². The van der Waals surface area contributed by atoms with Gasteiger partial charge in [0.2, 0.25) is 0 Å². The van der Waals surface area contributed by atoms with E-state index in [2.05, 4.69) is 27.5 Å². The predicted octanol–water partition coefficient (Wildman–Crippen LogP) is 6.18. The highest BCUT2D eigenvalue weighted by Crippen LogP contribution is 2.31. The largest absolute Gasteiger partial charge is 0.489 e. The Morgan fingerprint density at radius 1 is 1.10 bits per heavy atom. The maximum absolute atomic E-state index is 13.9. The lowest BCUT2D eigenvalue weighted by atomic mass is 9.95. The van der Waals surface area contributed by atoms with Gasteiger partial charge in [-0.05, 0) is 79.8 Å². The van der Waals surface area contributed by atoms with Gasteiger partial charge >= 0.3 is 5.97 Å². The monoisotopic (exact) mass is 642 g/mol. The van der Waals surface area contributed by atoms with Crippen molar-refractivity contribution in [2.75, 3.05) is 6.61 Å². The predicted molar refractivity (Wildman–Crippen MR) is 170 cm³/mol. The molecule has 214 valence electrons. The van der Waals surface area contributed by atoms with E-state index < -0.39 is 12.0 Å². The Labute approximate surface area is 257 Å². The summed E-state index contributed by atoms with van der Waals surface area (Å²) in [4.78, 5) is 32.2. The minimum atomic E-state index is -0.631. The molecule has 1 aliphatic rings. The summed E-state index contributed by atoms with van der Waals surface area (Å²) >= 11 is 4.77. The number of aryl methyl sites for hydroxylation is 1. The lowest BCUT2D eigenvalue weighted by molar-refractivity contribution is -0.139. The van der Waals surface area contributed by atoms with Gasteiger partial charge in [-0.2, -0.15) is 0 Å². The van der Waals surface area contributed by atoms with Crippen molar-refractivity contribution < 1.29 is 14.3 Å². The van der Waals surface area contributed by atoms with E-state index in [4.69, 9.17) is 9.47 Å². The molecular formula is C34H31BrN2O4S. The third-order valence-electron chi connectivity index (χ3n) is 6.96. The molecule has 1 aliphatic heterocycles. The molecule has 0 spiro atoms. The van der Waals surface area contributed by atoms with Crippen LogP contribution < -0.4 is 19.6 Å². The quantitative estimate of drug-likeness (QED) is 0.162. The summed E-state index contributed by atoms with van der Waals surface area (Å²) in [5, 5.41) is 0. The number of halogens is 1. The number of esters is 1. The first-order chi connectivity index (χ1) is 20.3. The molecule has 2 heterocycles. The zero-order valence-electron chi connectivity index (χ0n) is 23.7. The van der Waals surface area contributed by atoms with E-state index in [1.54, 1.807) is 18.4 Å². The second kappa shape index (κ2) is 12.9. The fourth-order valence-corrected chi connectivity index (χ4v) is 6.20. The SMILES string of the molecule is C=CCc1cc(/C=c2/sc3n(c2=O)[C@@H](c2ccc(C)cc2)C(C(=O)OCC)=C(C)N=3)ccc1OCc1ccc(Br)cc1. The van der Waals surface area contributed by atoms with Crippen LogP contribution in [0.3, 0.4) is 0 Å². The highest BCUT2D eigenvalue weighted by atomic mass is 79.9. The Balaban J connectivity index is 1.55. The fourth-order valence-electron chi connectivity index (χ4n) is 4.89. The van der Waals surface area contributed by atoms with Crippen molar-refractivity contribution in [2.24, 2.45) is 4.99 Å². The molecule has 0 amide bonds. The number of rotatable bonds is 9. The summed E-state index contributed by atoms with van der Waals surface area (Å²) in [5.41, 5.74) is 5.53. The summed E-state index contributed by atoms with van der Waals surface area (Å²) in [6, 6.07) is 21.1. The normalized spacial score (nSPS) is 14.8. The number of thiazole rings is 1. The van der Waals surface area contributed by atoms with Crippen LogP contribution in [0.25, 0.3) is 6.08 Å². The maximum atomic E-state index is 13.9. The number of aromatic nitrogens is 1. The molecule has 0 aliphatic carbocycles. The highest BCUT2D eigenvalue weighted by Gasteiger charge is 2.33. The average Bonchev–Trinajstić information content (AvgIpc) is 3.27. The summed E-state index contributed by atoms with van der Waals surface area (Å²) in [6.07, 6.45) is 4.32. The van der Waals surface area contributed by atoms with Gasteiger partial charge in [-0.3, -0.25) is 9.36 Å². The number of allylic oxidation sites excluding steroid dienone is 2. The molecule has 3 aromatic carbocycles.